The standard InChI is InChI=1S/C12H24N2O/c1-10-8-11(5-6-13-10)14(2)9-12-4-3-7-15-12/h10-13H,3-9H2,1-2H3. The minimum Gasteiger partial charge on any atom is -0.377 e. The van der Waals surface area contributed by atoms with Crippen LogP contribution in [0.25, 0.3) is 0 Å². The maximum Gasteiger partial charge on any atom is 0.0702 e. The van der Waals surface area contributed by atoms with Crippen molar-refractivity contribution in [2.24, 2.45) is 0 Å². The molecular formula is C12H24N2O. The monoisotopic (exact) mass is 212 g/mol. The van der Waals surface area contributed by atoms with Crippen LogP contribution < -0.4 is 5.32 Å². The van der Waals surface area contributed by atoms with Gasteiger partial charge in [-0.15, -0.1) is 0 Å². The summed E-state index contributed by atoms with van der Waals surface area (Å²) in [7, 11) is 2.25. The maximum absolute atomic E-state index is 5.68. The highest BCUT2D eigenvalue weighted by molar-refractivity contribution is 4.82. The van der Waals surface area contributed by atoms with Crippen molar-refractivity contribution >= 4 is 0 Å². The molecular weight excluding hydrogens is 188 g/mol. The lowest BCUT2D eigenvalue weighted by Crippen LogP contribution is -2.47. The highest BCUT2D eigenvalue weighted by Gasteiger charge is 2.25. The first kappa shape index (κ1) is 11.4. The van der Waals surface area contributed by atoms with Gasteiger partial charge in [-0.1, -0.05) is 0 Å². The van der Waals surface area contributed by atoms with Gasteiger partial charge < -0.3 is 15.0 Å². The normalized spacial score (nSPS) is 37.4. The Morgan fingerprint density at radius 3 is 2.93 bits per heavy atom. The summed E-state index contributed by atoms with van der Waals surface area (Å²) in [5.74, 6) is 0. The molecule has 0 bridgehead atoms. The molecule has 0 aromatic heterocycles. The molecule has 2 aliphatic heterocycles. The second-order valence-electron chi connectivity index (χ2n) is 5.11. The van der Waals surface area contributed by atoms with E-state index < -0.39 is 0 Å². The minimum atomic E-state index is 0.500. The van der Waals surface area contributed by atoms with Gasteiger partial charge in [-0.25, -0.2) is 0 Å². The Morgan fingerprint density at radius 1 is 1.40 bits per heavy atom. The molecule has 0 aliphatic carbocycles. The molecule has 2 aliphatic rings. The topological polar surface area (TPSA) is 24.5 Å². The van der Waals surface area contributed by atoms with Crippen molar-refractivity contribution in [1.82, 2.24) is 10.2 Å². The van der Waals surface area contributed by atoms with Crippen molar-refractivity contribution in [3.8, 4) is 0 Å². The molecule has 88 valence electrons. The minimum absolute atomic E-state index is 0.500. The smallest absolute Gasteiger partial charge is 0.0702 e. The van der Waals surface area contributed by atoms with E-state index in [2.05, 4.69) is 24.2 Å². The number of nitrogens with zero attached hydrogens (tertiary/aromatic N) is 1. The van der Waals surface area contributed by atoms with Gasteiger partial charge in [0.15, 0.2) is 0 Å². The van der Waals surface area contributed by atoms with Crippen molar-refractivity contribution < 1.29 is 4.74 Å². The van der Waals surface area contributed by atoms with Crippen LogP contribution in [0.2, 0.25) is 0 Å². The van der Waals surface area contributed by atoms with Crippen LogP contribution in [-0.4, -0.2) is 49.8 Å². The molecule has 2 heterocycles. The molecule has 3 heteroatoms. The summed E-state index contributed by atoms with van der Waals surface area (Å²) in [6.07, 6.45) is 5.57. The van der Waals surface area contributed by atoms with Gasteiger partial charge in [0.2, 0.25) is 0 Å². The molecule has 0 radical (unpaired) electrons. The predicted molar refractivity (Wildman–Crippen MR) is 62.1 cm³/mol. The first-order chi connectivity index (χ1) is 7.25. The summed E-state index contributed by atoms with van der Waals surface area (Å²) in [4.78, 5) is 2.51. The first-order valence-electron chi connectivity index (χ1n) is 6.31. The molecule has 3 unspecified atom stereocenters. The van der Waals surface area contributed by atoms with Crippen LogP contribution in [-0.2, 0) is 4.74 Å². The van der Waals surface area contributed by atoms with Gasteiger partial charge in [0.05, 0.1) is 6.10 Å². The van der Waals surface area contributed by atoms with Crippen molar-refractivity contribution in [2.75, 3.05) is 26.7 Å². The zero-order chi connectivity index (χ0) is 10.7. The highest BCUT2D eigenvalue weighted by atomic mass is 16.5. The largest absolute Gasteiger partial charge is 0.377 e. The number of ether oxygens (including phenoxy) is 1. The van der Waals surface area contributed by atoms with Crippen LogP contribution in [0.3, 0.4) is 0 Å². The van der Waals surface area contributed by atoms with Gasteiger partial charge in [-0.2, -0.15) is 0 Å². The summed E-state index contributed by atoms with van der Waals surface area (Å²) in [5.41, 5.74) is 0. The number of rotatable bonds is 3. The second-order valence-corrected chi connectivity index (χ2v) is 5.11. The number of likely N-dealkylation sites (N-methyl/N-ethyl adjacent to an activating group) is 1. The summed E-state index contributed by atoms with van der Waals surface area (Å²) >= 11 is 0. The summed E-state index contributed by atoms with van der Waals surface area (Å²) in [6.45, 7) is 5.55. The van der Waals surface area contributed by atoms with Crippen LogP contribution >= 0.6 is 0 Å². The molecule has 0 spiro atoms. The zero-order valence-electron chi connectivity index (χ0n) is 10.0. The molecule has 3 nitrogen and oxygen atoms in total. The van der Waals surface area contributed by atoms with Crippen LogP contribution in [0.5, 0.6) is 0 Å². The maximum atomic E-state index is 5.68. The Balaban J connectivity index is 1.76. The van der Waals surface area contributed by atoms with Crippen molar-refractivity contribution in [3.05, 3.63) is 0 Å². The van der Waals surface area contributed by atoms with Gasteiger partial charge in [-0.3, -0.25) is 0 Å². The third-order valence-electron chi connectivity index (χ3n) is 3.73. The fourth-order valence-corrected chi connectivity index (χ4v) is 2.76. The number of piperidine rings is 1. The third kappa shape index (κ3) is 3.16. The molecule has 2 fully saturated rings. The van der Waals surface area contributed by atoms with E-state index in [1.165, 1.54) is 32.2 Å². The predicted octanol–water partition coefficient (Wildman–Crippen LogP) is 1.24. The van der Waals surface area contributed by atoms with Gasteiger partial charge in [0, 0.05) is 25.2 Å². The fourth-order valence-electron chi connectivity index (χ4n) is 2.76. The Hall–Kier alpha value is -0.120. The lowest BCUT2D eigenvalue weighted by atomic mass is 9.99. The van der Waals surface area contributed by atoms with Crippen LogP contribution in [0.1, 0.15) is 32.6 Å². The Kier molecular flexibility index (Phi) is 4.00. The van der Waals surface area contributed by atoms with Crippen molar-refractivity contribution in [1.29, 1.82) is 0 Å². The van der Waals surface area contributed by atoms with Gasteiger partial charge in [-0.05, 0) is 46.2 Å². The number of hydrogen-bond donors (Lipinski definition) is 1. The molecule has 1 N–H and O–H groups in total. The molecule has 2 saturated heterocycles. The third-order valence-corrected chi connectivity index (χ3v) is 3.73. The highest BCUT2D eigenvalue weighted by Crippen LogP contribution is 2.18. The van der Waals surface area contributed by atoms with E-state index in [0.29, 0.717) is 12.1 Å². The lowest BCUT2D eigenvalue weighted by molar-refractivity contribution is 0.0593. The van der Waals surface area contributed by atoms with Crippen molar-refractivity contribution in [3.63, 3.8) is 0 Å². The van der Waals surface area contributed by atoms with E-state index in [9.17, 15) is 0 Å². The zero-order valence-corrected chi connectivity index (χ0v) is 10.0. The van der Waals surface area contributed by atoms with Gasteiger partial charge >= 0.3 is 0 Å². The Morgan fingerprint density at radius 2 is 2.27 bits per heavy atom. The second kappa shape index (κ2) is 5.28. The van der Waals surface area contributed by atoms with Crippen LogP contribution in [0.15, 0.2) is 0 Å². The van der Waals surface area contributed by atoms with E-state index in [4.69, 9.17) is 4.74 Å². The molecule has 2 rings (SSSR count). The number of hydrogen-bond acceptors (Lipinski definition) is 3. The van der Waals surface area contributed by atoms with Gasteiger partial charge in [0.25, 0.3) is 0 Å². The van der Waals surface area contributed by atoms with E-state index in [0.717, 1.165) is 19.2 Å². The van der Waals surface area contributed by atoms with E-state index in [1.807, 2.05) is 0 Å². The Labute approximate surface area is 93.2 Å². The SMILES string of the molecule is CC1CC(N(C)CC2CCCO2)CCN1. The summed E-state index contributed by atoms with van der Waals surface area (Å²) in [6, 6.07) is 1.43. The molecule has 0 aromatic rings. The average Bonchev–Trinajstić information content (AvgIpc) is 2.70. The van der Waals surface area contributed by atoms with E-state index in [-0.39, 0.29) is 0 Å². The van der Waals surface area contributed by atoms with Crippen LogP contribution in [0, 0.1) is 0 Å². The summed E-state index contributed by atoms with van der Waals surface area (Å²) in [5, 5.41) is 3.50. The molecule has 0 saturated carbocycles. The lowest BCUT2D eigenvalue weighted by Gasteiger charge is -2.35. The summed E-state index contributed by atoms with van der Waals surface area (Å²) < 4.78 is 5.68. The fraction of sp³-hybridized carbons (Fsp3) is 1.00. The molecule has 0 aromatic carbocycles. The first-order valence-corrected chi connectivity index (χ1v) is 6.31. The quantitative estimate of drug-likeness (QED) is 0.762. The van der Waals surface area contributed by atoms with Crippen LogP contribution in [0.4, 0.5) is 0 Å². The van der Waals surface area contributed by atoms with E-state index >= 15 is 0 Å². The van der Waals surface area contributed by atoms with Gasteiger partial charge in [0.1, 0.15) is 0 Å². The molecule has 3 atom stereocenters. The Bertz CT molecular complexity index is 192. The number of nitrogens with one attached hydrogen (secondary N) is 1. The molecule has 15 heavy (non-hydrogen) atoms. The molecule has 0 amide bonds. The van der Waals surface area contributed by atoms with E-state index in [1.54, 1.807) is 0 Å². The van der Waals surface area contributed by atoms with Crippen molar-refractivity contribution in [2.45, 2.75) is 50.8 Å². The average molecular weight is 212 g/mol.